The Bertz CT molecular complexity index is 597. The highest BCUT2D eigenvalue weighted by atomic mass is 35.5. The van der Waals surface area contributed by atoms with E-state index < -0.39 is 11.9 Å². The Morgan fingerprint density at radius 1 is 1.21 bits per heavy atom. The normalized spacial score (nSPS) is 12.3. The number of aryl methyl sites for hydroxylation is 1. The lowest BCUT2D eigenvalue weighted by molar-refractivity contribution is 0.190. The summed E-state index contributed by atoms with van der Waals surface area (Å²) in [6.07, 6.45) is -0.958. The van der Waals surface area contributed by atoms with Crippen molar-refractivity contribution in [1.29, 1.82) is 0 Å². The van der Waals surface area contributed by atoms with Gasteiger partial charge in [-0.1, -0.05) is 23.7 Å². The minimum Gasteiger partial charge on any atom is -0.455 e. The van der Waals surface area contributed by atoms with Gasteiger partial charge in [0.2, 0.25) is 0 Å². The van der Waals surface area contributed by atoms with Crippen molar-refractivity contribution in [2.45, 2.75) is 20.0 Å². The molecule has 2 aromatic carbocycles. The Labute approximate surface area is 116 Å². The van der Waals surface area contributed by atoms with Crippen LogP contribution in [0.3, 0.4) is 0 Å². The van der Waals surface area contributed by atoms with Gasteiger partial charge in [0.1, 0.15) is 17.3 Å². The fourth-order valence-electron chi connectivity index (χ4n) is 1.82. The molecule has 0 aliphatic carbocycles. The summed E-state index contributed by atoms with van der Waals surface area (Å²) in [6, 6.07) is 9.74. The third-order valence-corrected chi connectivity index (χ3v) is 3.03. The van der Waals surface area contributed by atoms with Crippen molar-refractivity contribution in [2.75, 3.05) is 0 Å². The van der Waals surface area contributed by atoms with Crippen molar-refractivity contribution in [3.05, 3.63) is 58.4 Å². The first-order valence-corrected chi connectivity index (χ1v) is 6.27. The van der Waals surface area contributed by atoms with Crippen molar-refractivity contribution < 1.29 is 14.2 Å². The van der Waals surface area contributed by atoms with Crippen LogP contribution in [0.15, 0.2) is 36.4 Å². The Hall–Kier alpha value is -1.58. The third kappa shape index (κ3) is 3.06. The van der Waals surface area contributed by atoms with Crippen molar-refractivity contribution in [1.82, 2.24) is 0 Å². The molecule has 0 radical (unpaired) electrons. The molecule has 1 atom stereocenters. The molecule has 2 rings (SSSR count). The Balaban J connectivity index is 2.41. The number of ether oxygens (including phenoxy) is 1. The average Bonchev–Trinajstić information content (AvgIpc) is 2.32. The molecular formula is C15H14ClFO2. The van der Waals surface area contributed by atoms with Gasteiger partial charge in [-0.05, 0) is 43.7 Å². The zero-order valence-electron chi connectivity index (χ0n) is 10.7. The number of hydrogen-bond donors (Lipinski definition) is 1. The second-order valence-corrected chi connectivity index (χ2v) is 4.77. The van der Waals surface area contributed by atoms with Crippen LogP contribution in [0.4, 0.5) is 4.39 Å². The summed E-state index contributed by atoms with van der Waals surface area (Å²) in [5, 5.41) is 10.1. The maximum Gasteiger partial charge on any atom is 0.146 e. The second kappa shape index (κ2) is 5.59. The molecule has 0 amide bonds. The van der Waals surface area contributed by atoms with Gasteiger partial charge >= 0.3 is 0 Å². The van der Waals surface area contributed by atoms with Crippen LogP contribution >= 0.6 is 11.6 Å². The first-order valence-electron chi connectivity index (χ1n) is 5.89. The SMILES string of the molecule is Cc1ccc(Oc2cccc(F)c2[C@@H](C)O)c(Cl)c1. The van der Waals surface area contributed by atoms with Crippen LogP contribution < -0.4 is 4.74 Å². The van der Waals surface area contributed by atoms with E-state index >= 15 is 0 Å². The standard InChI is InChI=1S/C15H14ClFO2/c1-9-6-7-13(11(16)8-9)19-14-5-3-4-12(17)15(14)10(2)18/h3-8,10,18H,1-2H3/t10-/m1/s1. The molecule has 1 N–H and O–H groups in total. The van der Waals surface area contributed by atoms with Crippen molar-refractivity contribution in [3.63, 3.8) is 0 Å². The molecule has 0 fully saturated rings. The van der Waals surface area contributed by atoms with Crippen molar-refractivity contribution in [3.8, 4) is 11.5 Å². The van der Waals surface area contributed by atoms with Gasteiger partial charge in [0.25, 0.3) is 0 Å². The van der Waals surface area contributed by atoms with Crippen molar-refractivity contribution in [2.24, 2.45) is 0 Å². The van der Waals surface area contributed by atoms with E-state index in [0.717, 1.165) is 5.56 Å². The molecule has 2 aromatic rings. The molecule has 0 aliphatic rings. The number of halogens is 2. The second-order valence-electron chi connectivity index (χ2n) is 4.36. The highest BCUT2D eigenvalue weighted by Crippen LogP contribution is 2.35. The van der Waals surface area contributed by atoms with E-state index in [1.807, 2.05) is 13.0 Å². The monoisotopic (exact) mass is 280 g/mol. The molecule has 0 aromatic heterocycles. The Kier molecular flexibility index (Phi) is 4.08. The van der Waals surface area contributed by atoms with Gasteiger partial charge in [0, 0.05) is 0 Å². The summed E-state index contributed by atoms with van der Waals surface area (Å²) in [6.45, 7) is 3.40. The van der Waals surface area contributed by atoms with Crippen molar-refractivity contribution >= 4 is 11.6 Å². The third-order valence-electron chi connectivity index (χ3n) is 2.74. The van der Waals surface area contributed by atoms with E-state index in [2.05, 4.69) is 0 Å². The van der Waals surface area contributed by atoms with Gasteiger partial charge in [-0.2, -0.15) is 0 Å². The fourth-order valence-corrected chi connectivity index (χ4v) is 2.09. The molecular weight excluding hydrogens is 267 g/mol. The maximum absolute atomic E-state index is 13.7. The summed E-state index contributed by atoms with van der Waals surface area (Å²) in [7, 11) is 0. The van der Waals surface area contributed by atoms with E-state index in [1.54, 1.807) is 18.2 Å². The molecule has 0 saturated carbocycles. The quantitative estimate of drug-likeness (QED) is 0.888. The molecule has 4 heteroatoms. The largest absolute Gasteiger partial charge is 0.455 e. The van der Waals surface area contributed by atoms with Crippen LogP contribution in [0.1, 0.15) is 24.2 Å². The highest BCUT2D eigenvalue weighted by Gasteiger charge is 2.16. The van der Waals surface area contributed by atoms with Gasteiger partial charge in [-0.3, -0.25) is 0 Å². The molecule has 0 bridgehead atoms. The predicted molar refractivity (Wildman–Crippen MR) is 73.3 cm³/mol. The highest BCUT2D eigenvalue weighted by molar-refractivity contribution is 6.32. The van der Waals surface area contributed by atoms with Gasteiger partial charge in [0.15, 0.2) is 0 Å². The van der Waals surface area contributed by atoms with E-state index in [1.165, 1.54) is 19.1 Å². The summed E-state index contributed by atoms with van der Waals surface area (Å²) in [5.74, 6) is 0.191. The average molecular weight is 281 g/mol. The van der Waals surface area contributed by atoms with E-state index in [-0.39, 0.29) is 11.3 Å². The van der Waals surface area contributed by atoms with Crippen LogP contribution in [0.25, 0.3) is 0 Å². The van der Waals surface area contributed by atoms with Gasteiger partial charge in [0.05, 0.1) is 16.7 Å². The molecule has 0 aliphatic heterocycles. The molecule has 0 spiro atoms. The first kappa shape index (κ1) is 13.8. The molecule has 100 valence electrons. The number of aliphatic hydroxyl groups excluding tert-OH is 1. The fraction of sp³-hybridized carbons (Fsp3) is 0.200. The van der Waals surface area contributed by atoms with Gasteiger partial charge < -0.3 is 9.84 Å². The molecule has 0 saturated heterocycles. The summed E-state index contributed by atoms with van der Waals surface area (Å²) >= 11 is 6.07. The predicted octanol–water partition coefficient (Wildman–Crippen LogP) is 4.63. The lowest BCUT2D eigenvalue weighted by Crippen LogP contribution is -2.00. The lowest BCUT2D eigenvalue weighted by Gasteiger charge is -2.14. The molecule has 19 heavy (non-hydrogen) atoms. The van der Waals surface area contributed by atoms with E-state index in [9.17, 15) is 9.50 Å². The number of rotatable bonds is 3. The molecule has 0 unspecified atom stereocenters. The lowest BCUT2D eigenvalue weighted by atomic mass is 10.1. The smallest absolute Gasteiger partial charge is 0.146 e. The van der Waals surface area contributed by atoms with Crippen LogP contribution in [-0.4, -0.2) is 5.11 Å². The molecule has 0 heterocycles. The molecule has 2 nitrogen and oxygen atoms in total. The summed E-state index contributed by atoms with van der Waals surface area (Å²) < 4.78 is 19.3. The van der Waals surface area contributed by atoms with Crippen LogP contribution in [0.5, 0.6) is 11.5 Å². The van der Waals surface area contributed by atoms with Crippen LogP contribution in [0.2, 0.25) is 5.02 Å². The maximum atomic E-state index is 13.7. The zero-order chi connectivity index (χ0) is 14.0. The number of benzene rings is 2. The summed E-state index contributed by atoms with van der Waals surface area (Å²) in [5.41, 5.74) is 1.13. The summed E-state index contributed by atoms with van der Waals surface area (Å²) in [4.78, 5) is 0. The van der Waals surface area contributed by atoms with Gasteiger partial charge in [-0.25, -0.2) is 4.39 Å². The zero-order valence-corrected chi connectivity index (χ0v) is 11.4. The van der Waals surface area contributed by atoms with Gasteiger partial charge in [-0.15, -0.1) is 0 Å². The Morgan fingerprint density at radius 3 is 2.58 bits per heavy atom. The van der Waals surface area contributed by atoms with Crippen LogP contribution in [-0.2, 0) is 0 Å². The van der Waals surface area contributed by atoms with E-state index in [0.29, 0.717) is 10.8 Å². The van der Waals surface area contributed by atoms with Crippen LogP contribution in [0, 0.1) is 12.7 Å². The first-order chi connectivity index (χ1) is 8.99. The topological polar surface area (TPSA) is 29.5 Å². The number of aliphatic hydroxyl groups is 1. The number of hydrogen-bond acceptors (Lipinski definition) is 2. The van der Waals surface area contributed by atoms with E-state index in [4.69, 9.17) is 16.3 Å². The minimum atomic E-state index is -0.958. The minimum absolute atomic E-state index is 0.124. The Morgan fingerprint density at radius 2 is 1.95 bits per heavy atom.